The normalized spacial score (nSPS) is 10.6. The molecule has 0 amide bonds. The lowest BCUT2D eigenvalue weighted by Crippen LogP contribution is -2.37. The maximum absolute atomic E-state index is 12.2. The highest BCUT2D eigenvalue weighted by atomic mass is 16.3. The van der Waals surface area contributed by atoms with Gasteiger partial charge in [-0.3, -0.25) is 4.79 Å². The summed E-state index contributed by atoms with van der Waals surface area (Å²) in [6.07, 6.45) is 1.80. The van der Waals surface area contributed by atoms with Crippen molar-refractivity contribution in [1.29, 1.82) is 0 Å². The van der Waals surface area contributed by atoms with Gasteiger partial charge < -0.3 is 5.11 Å². The van der Waals surface area contributed by atoms with E-state index in [1.165, 1.54) is 0 Å². The average molecular weight is 264 g/mol. The second kappa shape index (κ2) is 5.13. The first-order valence-electron chi connectivity index (χ1n) is 6.43. The Morgan fingerprint density at radius 1 is 0.950 bits per heavy atom. The second-order valence-corrected chi connectivity index (χ2v) is 4.68. The number of carbonyl (C=O) groups excluding carboxylic acids is 1. The van der Waals surface area contributed by atoms with Gasteiger partial charge in [0.1, 0.15) is 0 Å². The van der Waals surface area contributed by atoms with Crippen LogP contribution in [-0.4, -0.2) is 10.9 Å². The monoisotopic (exact) mass is 264 g/mol. The summed E-state index contributed by atoms with van der Waals surface area (Å²) in [6, 6.07) is 18.5. The van der Waals surface area contributed by atoms with Crippen molar-refractivity contribution in [3.05, 3.63) is 72.4 Å². The first-order chi connectivity index (χ1) is 9.74. The summed E-state index contributed by atoms with van der Waals surface area (Å²) in [7, 11) is 0. The fraction of sp³-hybridized carbons (Fsp3) is 0.0588. The molecule has 0 fully saturated rings. The molecule has 0 aliphatic heterocycles. The summed E-state index contributed by atoms with van der Waals surface area (Å²) in [4.78, 5) is 12.2. The van der Waals surface area contributed by atoms with Crippen LogP contribution in [0.4, 0.5) is 0 Å². The van der Waals surface area contributed by atoms with E-state index in [1.807, 2.05) is 42.5 Å². The molecule has 3 rings (SSSR count). The molecule has 1 aromatic heterocycles. The highest BCUT2D eigenvalue weighted by Gasteiger charge is 2.17. The Balaban J connectivity index is 1.95. The minimum Gasteiger partial charge on any atom is -0.460 e. The average Bonchev–Trinajstić information content (AvgIpc) is 2.49. The van der Waals surface area contributed by atoms with Gasteiger partial charge in [-0.05, 0) is 11.5 Å². The van der Waals surface area contributed by atoms with Crippen molar-refractivity contribution in [2.24, 2.45) is 0 Å². The number of rotatable bonds is 3. The molecule has 3 nitrogen and oxygen atoms in total. The zero-order valence-electron chi connectivity index (χ0n) is 10.9. The minimum absolute atomic E-state index is 0.0267. The third-order valence-corrected chi connectivity index (χ3v) is 3.28. The van der Waals surface area contributed by atoms with Crippen LogP contribution in [0.15, 0.2) is 66.9 Å². The molecule has 0 aliphatic carbocycles. The SMILES string of the molecule is O=C(C[n+]1cc2ccccc2cc1O)c1ccccc1. The van der Waals surface area contributed by atoms with Gasteiger partial charge in [0.05, 0.1) is 6.07 Å². The van der Waals surface area contributed by atoms with Crippen LogP contribution < -0.4 is 4.57 Å². The van der Waals surface area contributed by atoms with Crippen LogP contribution >= 0.6 is 0 Å². The van der Waals surface area contributed by atoms with E-state index in [2.05, 4.69) is 0 Å². The lowest BCUT2D eigenvalue weighted by molar-refractivity contribution is -0.687. The van der Waals surface area contributed by atoms with E-state index in [0.29, 0.717) is 5.56 Å². The van der Waals surface area contributed by atoms with Gasteiger partial charge in [0.25, 0.3) is 0 Å². The van der Waals surface area contributed by atoms with E-state index < -0.39 is 0 Å². The first-order valence-corrected chi connectivity index (χ1v) is 6.43. The highest BCUT2D eigenvalue weighted by Crippen LogP contribution is 2.15. The van der Waals surface area contributed by atoms with Gasteiger partial charge in [-0.25, -0.2) is 0 Å². The number of pyridine rings is 1. The molecule has 0 aliphatic rings. The summed E-state index contributed by atoms with van der Waals surface area (Å²) in [5, 5.41) is 12.0. The fourth-order valence-corrected chi connectivity index (χ4v) is 2.21. The van der Waals surface area contributed by atoms with E-state index in [-0.39, 0.29) is 18.2 Å². The van der Waals surface area contributed by atoms with Crippen LogP contribution in [0.3, 0.4) is 0 Å². The molecule has 0 radical (unpaired) electrons. The molecule has 0 saturated carbocycles. The molecule has 3 heteroatoms. The van der Waals surface area contributed by atoms with Crippen molar-refractivity contribution in [2.75, 3.05) is 0 Å². The summed E-state index contributed by atoms with van der Waals surface area (Å²) in [6.45, 7) is 0.126. The van der Waals surface area contributed by atoms with E-state index in [1.54, 1.807) is 29.0 Å². The number of nitrogens with zero attached hydrogens (tertiary/aromatic N) is 1. The molecular weight excluding hydrogens is 250 g/mol. The van der Waals surface area contributed by atoms with Gasteiger partial charge in [0.15, 0.2) is 6.20 Å². The quantitative estimate of drug-likeness (QED) is 0.583. The summed E-state index contributed by atoms with van der Waals surface area (Å²) in [5.41, 5.74) is 0.646. The molecule has 1 N–H and O–H groups in total. The Labute approximate surface area is 116 Å². The molecular formula is C17H14NO2+. The third kappa shape index (κ3) is 2.38. The number of hydrogen-bond acceptors (Lipinski definition) is 2. The number of Topliss-reactive ketones (excluding diaryl/α,β-unsaturated/α-hetero) is 1. The Hall–Kier alpha value is -2.68. The maximum Gasteiger partial charge on any atom is 0.366 e. The number of aromatic nitrogens is 1. The summed E-state index contributed by atoms with van der Waals surface area (Å²) < 4.78 is 1.57. The minimum atomic E-state index is -0.0267. The number of ketones is 1. The molecule has 2 aromatic carbocycles. The van der Waals surface area contributed by atoms with Crippen molar-refractivity contribution < 1.29 is 14.5 Å². The van der Waals surface area contributed by atoms with Gasteiger partial charge in [-0.1, -0.05) is 48.5 Å². The van der Waals surface area contributed by atoms with Gasteiger partial charge in [0, 0.05) is 10.9 Å². The molecule has 0 bridgehead atoms. The van der Waals surface area contributed by atoms with Crippen LogP contribution in [-0.2, 0) is 6.54 Å². The molecule has 3 aromatic rings. The van der Waals surface area contributed by atoms with Crippen LogP contribution in [0.1, 0.15) is 10.4 Å². The van der Waals surface area contributed by atoms with Gasteiger partial charge >= 0.3 is 5.88 Å². The predicted octanol–water partition coefficient (Wildman–Crippen LogP) is 2.72. The number of benzene rings is 2. The van der Waals surface area contributed by atoms with Crippen LogP contribution in [0.2, 0.25) is 0 Å². The van der Waals surface area contributed by atoms with Crippen molar-refractivity contribution in [1.82, 2.24) is 0 Å². The highest BCUT2D eigenvalue weighted by molar-refractivity contribution is 5.95. The van der Waals surface area contributed by atoms with Crippen LogP contribution in [0.25, 0.3) is 10.8 Å². The number of fused-ring (bicyclic) bond motifs is 1. The van der Waals surface area contributed by atoms with Crippen molar-refractivity contribution in [3.8, 4) is 5.88 Å². The zero-order valence-corrected chi connectivity index (χ0v) is 10.9. The zero-order chi connectivity index (χ0) is 13.9. The van der Waals surface area contributed by atoms with E-state index in [9.17, 15) is 9.90 Å². The Bertz CT molecular complexity index is 766. The molecule has 0 unspecified atom stereocenters. The lowest BCUT2D eigenvalue weighted by atomic mass is 10.1. The van der Waals surface area contributed by atoms with Crippen molar-refractivity contribution in [2.45, 2.75) is 6.54 Å². The predicted molar refractivity (Wildman–Crippen MR) is 76.6 cm³/mol. The summed E-state index contributed by atoms with van der Waals surface area (Å²) >= 11 is 0. The molecule has 1 heterocycles. The summed E-state index contributed by atoms with van der Waals surface area (Å²) in [5.74, 6) is 0.0640. The van der Waals surface area contributed by atoms with E-state index in [4.69, 9.17) is 0 Å². The molecule has 0 spiro atoms. The Morgan fingerprint density at radius 3 is 2.35 bits per heavy atom. The Kier molecular flexibility index (Phi) is 3.17. The fourth-order valence-electron chi connectivity index (χ4n) is 2.21. The number of aromatic hydroxyl groups is 1. The van der Waals surface area contributed by atoms with Crippen LogP contribution in [0, 0.1) is 0 Å². The molecule has 98 valence electrons. The molecule has 0 atom stereocenters. The maximum atomic E-state index is 12.2. The standard InChI is InChI=1S/C17H13NO2/c19-16(13-6-2-1-3-7-13)12-18-11-15-9-5-4-8-14(15)10-17(18)20/h1-11H,12H2/p+1. The third-order valence-electron chi connectivity index (χ3n) is 3.28. The lowest BCUT2D eigenvalue weighted by Gasteiger charge is -2.02. The largest absolute Gasteiger partial charge is 0.460 e. The van der Waals surface area contributed by atoms with E-state index >= 15 is 0 Å². The first kappa shape index (κ1) is 12.4. The number of carbonyl (C=O) groups is 1. The Morgan fingerprint density at radius 2 is 1.60 bits per heavy atom. The second-order valence-electron chi connectivity index (χ2n) is 4.68. The smallest absolute Gasteiger partial charge is 0.366 e. The van der Waals surface area contributed by atoms with Crippen LogP contribution in [0.5, 0.6) is 5.88 Å². The topological polar surface area (TPSA) is 41.2 Å². The molecule has 20 heavy (non-hydrogen) atoms. The van der Waals surface area contributed by atoms with Crippen molar-refractivity contribution in [3.63, 3.8) is 0 Å². The van der Waals surface area contributed by atoms with E-state index in [0.717, 1.165) is 10.8 Å². The van der Waals surface area contributed by atoms with Gasteiger partial charge in [-0.15, -0.1) is 0 Å². The van der Waals surface area contributed by atoms with Gasteiger partial charge in [-0.2, -0.15) is 4.57 Å². The molecule has 0 saturated heterocycles. The van der Waals surface area contributed by atoms with Gasteiger partial charge in [0.2, 0.25) is 12.3 Å². The number of hydrogen-bond donors (Lipinski definition) is 1. The van der Waals surface area contributed by atoms with Crippen molar-refractivity contribution >= 4 is 16.6 Å².